The minimum absolute atomic E-state index is 0.104. The Morgan fingerprint density at radius 2 is 1.18 bits per heavy atom. The molecule has 0 saturated heterocycles. The van der Waals surface area contributed by atoms with E-state index in [1.807, 2.05) is 0 Å². The molecule has 0 saturated carbocycles. The summed E-state index contributed by atoms with van der Waals surface area (Å²) in [6, 6.07) is 13.2. The fraction of sp³-hybridized carbons (Fsp3) is 0. The lowest BCUT2D eigenvalue weighted by Crippen LogP contribution is -2.34. The maximum Gasteiger partial charge on any atom is 0.293 e. The zero-order valence-electron chi connectivity index (χ0n) is 14.2. The van der Waals surface area contributed by atoms with Crippen molar-refractivity contribution in [1.82, 2.24) is 10.6 Å². The molecule has 28 heavy (non-hydrogen) atoms. The van der Waals surface area contributed by atoms with E-state index in [1.54, 1.807) is 36.4 Å². The quantitative estimate of drug-likeness (QED) is 0.482. The Balaban J connectivity index is 1.54. The molecule has 1 aromatic carbocycles. The summed E-state index contributed by atoms with van der Waals surface area (Å²) in [5, 5.41) is 11.0. The van der Waals surface area contributed by atoms with Gasteiger partial charge in [-0.2, -0.15) is 0 Å². The van der Waals surface area contributed by atoms with Crippen molar-refractivity contribution in [2.75, 3.05) is 10.6 Å². The van der Waals surface area contributed by atoms with Crippen LogP contribution in [0.15, 0.2) is 69.9 Å². The van der Waals surface area contributed by atoms with Crippen LogP contribution in [-0.4, -0.2) is 22.0 Å². The Morgan fingerprint density at radius 3 is 1.57 bits per heavy atom. The predicted molar refractivity (Wildman–Crippen MR) is 111 cm³/mol. The second-order valence-electron chi connectivity index (χ2n) is 5.35. The van der Waals surface area contributed by atoms with Crippen molar-refractivity contribution in [3.63, 3.8) is 0 Å². The summed E-state index contributed by atoms with van der Waals surface area (Å²) in [7, 11) is 0. The van der Waals surface area contributed by atoms with Crippen molar-refractivity contribution in [3.8, 4) is 0 Å². The van der Waals surface area contributed by atoms with Gasteiger partial charge < -0.3 is 19.5 Å². The molecule has 0 bridgehead atoms. The molecule has 3 aromatic rings. The average Bonchev–Trinajstić information content (AvgIpc) is 3.36. The largest absolute Gasteiger partial charge is 0.459 e. The van der Waals surface area contributed by atoms with Crippen LogP contribution >= 0.6 is 24.4 Å². The molecule has 0 spiro atoms. The van der Waals surface area contributed by atoms with Gasteiger partial charge in [0.1, 0.15) is 0 Å². The van der Waals surface area contributed by atoms with Gasteiger partial charge in [-0.05, 0) is 66.9 Å². The van der Waals surface area contributed by atoms with E-state index in [0.717, 1.165) is 0 Å². The minimum atomic E-state index is -0.460. The van der Waals surface area contributed by atoms with E-state index in [-0.39, 0.29) is 21.7 Å². The highest BCUT2D eigenvalue weighted by Gasteiger charge is 2.12. The lowest BCUT2D eigenvalue weighted by molar-refractivity contribution is 0.0943. The molecule has 0 aliphatic heterocycles. The number of furan rings is 2. The smallest absolute Gasteiger partial charge is 0.293 e. The maximum atomic E-state index is 11.9. The van der Waals surface area contributed by atoms with Crippen LogP contribution in [0.3, 0.4) is 0 Å². The Hall–Kier alpha value is -3.50. The minimum Gasteiger partial charge on any atom is -0.459 e. The lowest BCUT2D eigenvalue weighted by Gasteiger charge is -2.12. The molecule has 2 heterocycles. The van der Waals surface area contributed by atoms with E-state index in [9.17, 15) is 9.59 Å². The first-order valence-electron chi connectivity index (χ1n) is 7.93. The number of nitrogens with one attached hydrogen (secondary N) is 4. The number of carbonyl (C=O) groups excluding carboxylic acids is 2. The SMILES string of the molecule is O=C(NC(=S)Nc1cccc(NC(=S)NC(=O)c2ccco2)c1)c1ccco1. The third kappa shape index (κ3) is 5.25. The third-order valence-electron chi connectivity index (χ3n) is 3.32. The summed E-state index contributed by atoms with van der Waals surface area (Å²) in [6.07, 6.45) is 2.79. The Kier molecular flexibility index (Phi) is 6.14. The highest BCUT2D eigenvalue weighted by molar-refractivity contribution is 7.80. The molecule has 142 valence electrons. The highest BCUT2D eigenvalue weighted by atomic mass is 32.1. The topological polar surface area (TPSA) is 109 Å². The molecule has 0 atom stereocenters. The van der Waals surface area contributed by atoms with Gasteiger partial charge in [-0.3, -0.25) is 20.2 Å². The molecule has 4 N–H and O–H groups in total. The van der Waals surface area contributed by atoms with Crippen molar-refractivity contribution < 1.29 is 18.4 Å². The number of benzene rings is 1. The molecule has 0 unspecified atom stereocenters. The van der Waals surface area contributed by atoms with E-state index < -0.39 is 11.8 Å². The van der Waals surface area contributed by atoms with Crippen LogP contribution in [0, 0.1) is 0 Å². The monoisotopic (exact) mass is 414 g/mol. The lowest BCUT2D eigenvalue weighted by atomic mass is 10.3. The van der Waals surface area contributed by atoms with Gasteiger partial charge >= 0.3 is 0 Å². The van der Waals surface area contributed by atoms with Gasteiger partial charge in [0.2, 0.25) is 0 Å². The molecule has 0 fully saturated rings. The first-order valence-corrected chi connectivity index (χ1v) is 8.74. The summed E-state index contributed by atoms with van der Waals surface area (Å²) in [4.78, 5) is 23.8. The van der Waals surface area contributed by atoms with Gasteiger partial charge in [-0.1, -0.05) is 6.07 Å². The second kappa shape index (κ2) is 8.93. The molecule has 3 rings (SSSR count). The number of hydrogen-bond acceptors (Lipinski definition) is 6. The molecule has 2 amide bonds. The van der Waals surface area contributed by atoms with Gasteiger partial charge in [0.25, 0.3) is 11.8 Å². The van der Waals surface area contributed by atoms with Gasteiger partial charge in [-0.15, -0.1) is 0 Å². The molecule has 0 aliphatic carbocycles. The van der Waals surface area contributed by atoms with E-state index in [2.05, 4.69) is 21.3 Å². The van der Waals surface area contributed by atoms with Crippen molar-refractivity contribution in [2.45, 2.75) is 0 Å². The molecular formula is C18H14N4O4S2. The number of thiocarbonyl (C=S) groups is 2. The van der Waals surface area contributed by atoms with Crippen molar-refractivity contribution in [1.29, 1.82) is 0 Å². The number of rotatable bonds is 4. The molecule has 0 radical (unpaired) electrons. The van der Waals surface area contributed by atoms with Gasteiger partial charge in [-0.25, -0.2) is 0 Å². The third-order valence-corrected chi connectivity index (χ3v) is 3.73. The Labute approximate surface area is 170 Å². The number of anilines is 2. The van der Waals surface area contributed by atoms with Crippen LogP contribution in [0.5, 0.6) is 0 Å². The fourth-order valence-corrected chi connectivity index (χ4v) is 2.57. The van der Waals surface area contributed by atoms with Crippen LogP contribution in [-0.2, 0) is 0 Å². The van der Waals surface area contributed by atoms with Crippen molar-refractivity contribution in [3.05, 3.63) is 72.6 Å². The molecular weight excluding hydrogens is 400 g/mol. The molecule has 10 heteroatoms. The highest BCUT2D eigenvalue weighted by Crippen LogP contribution is 2.15. The predicted octanol–water partition coefficient (Wildman–Crippen LogP) is 3.13. The second-order valence-corrected chi connectivity index (χ2v) is 6.17. The summed E-state index contributed by atoms with van der Waals surface area (Å²) >= 11 is 10.2. The van der Waals surface area contributed by atoms with Gasteiger partial charge in [0.15, 0.2) is 21.7 Å². The zero-order valence-corrected chi connectivity index (χ0v) is 15.9. The Morgan fingerprint density at radius 1 is 0.714 bits per heavy atom. The molecule has 0 aliphatic rings. The van der Waals surface area contributed by atoms with Crippen LogP contribution in [0.1, 0.15) is 21.1 Å². The van der Waals surface area contributed by atoms with Gasteiger partial charge in [0.05, 0.1) is 12.5 Å². The normalized spacial score (nSPS) is 10.0. The summed E-state index contributed by atoms with van der Waals surface area (Å²) in [6.45, 7) is 0. The van der Waals surface area contributed by atoms with E-state index in [1.165, 1.54) is 24.7 Å². The van der Waals surface area contributed by atoms with Crippen LogP contribution in [0.4, 0.5) is 11.4 Å². The standard InChI is InChI=1S/C18H14N4O4S2/c23-15(13-6-2-8-25-13)21-17(27)19-11-4-1-5-12(10-11)20-18(28)22-16(24)14-7-3-9-26-14/h1-10H,(H2,19,21,23,27)(H2,20,22,24,28). The number of amides is 2. The number of carbonyl (C=O) groups is 2. The van der Waals surface area contributed by atoms with Crippen molar-refractivity contribution in [2.24, 2.45) is 0 Å². The molecule has 2 aromatic heterocycles. The first kappa shape index (κ1) is 19.3. The van der Waals surface area contributed by atoms with E-state index in [0.29, 0.717) is 11.4 Å². The summed E-state index contributed by atoms with van der Waals surface area (Å²) in [5.41, 5.74) is 1.21. The van der Waals surface area contributed by atoms with E-state index in [4.69, 9.17) is 33.3 Å². The maximum absolute atomic E-state index is 11.9. The fourth-order valence-electron chi connectivity index (χ4n) is 2.14. The van der Waals surface area contributed by atoms with Crippen LogP contribution in [0.2, 0.25) is 0 Å². The van der Waals surface area contributed by atoms with Gasteiger partial charge in [0, 0.05) is 11.4 Å². The van der Waals surface area contributed by atoms with E-state index >= 15 is 0 Å². The molecule has 8 nitrogen and oxygen atoms in total. The van der Waals surface area contributed by atoms with Crippen molar-refractivity contribution >= 4 is 57.8 Å². The van der Waals surface area contributed by atoms with Crippen LogP contribution < -0.4 is 21.3 Å². The Bertz CT molecular complexity index is 923. The number of hydrogen-bond donors (Lipinski definition) is 4. The summed E-state index contributed by atoms with van der Waals surface area (Å²) in [5.74, 6) is -0.619. The summed E-state index contributed by atoms with van der Waals surface area (Å²) < 4.78 is 10.0. The average molecular weight is 414 g/mol. The van der Waals surface area contributed by atoms with Crippen LogP contribution in [0.25, 0.3) is 0 Å². The first-order chi connectivity index (χ1) is 13.5. The zero-order chi connectivity index (χ0) is 19.9.